The maximum atomic E-state index is 12.2. The molecule has 4 heteroatoms. The van der Waals surface area contributed by atoms with Crippen LogP contribution in [0.4, 0.5) is 0 Å². The van der Waals surface area contributed by atoms with Gasteiger partial charge in [-0.05, 0) is 96.7 Å². The SMILES string of the molecule is CC(=O)OC1CCC2(C)C(CCC3(C)C2C=CC2C4CC(C)(C)CC(OC(C)=O)C4(C)CCC23C)C1(C)C. The van der Waals surface area contributed by atoms with Gasteiger partial charge in [-0.25, -0.2) is 0 Å². The summed E-state index contributed by atoms with van der Waals surface area (Å²) in [6, 6.07) is 0. The second-order valence-corrected chi connectivity index (χ2v) is 16.6. The molecule has 0 radical (unpaired) electrons. The van der Waals surface area contributed by atoms with Gasteiger partial charge in [0.1, 0.15) is 12.2 Å². The largest absolute Gasteiger partial charge is 0.462 e. The highest BCUT2D eigenvalue weighted by molar-refractivity contribution is 5.66. The first-order valence-corrected chi connectivity index (χ1v) is 15.4. The Balaban J connectivity index is 1.53. The van der Waals surface area contributed by atoms with Crippen LogP contribution in [-0.2, 0) is 19.1 Å². The molecule has 10 atom stereocenters. The van der Waals surface area contributed by atoms with E-state index < -0.39 is 0 Å². The molecule has 0 aliphatic heterocycles. The molecular formula is C34H54O4. The molecule has 4 nitrogen and oxygen atoms in total. The molecule has 0 spiro atoms. The molecule has 5 aliphatic rings. The fraction of sp³-hybridized carbons (Fsp3) is 0.882. The highest BCUT2D eigenvalue weighted by Crippen LogP contribution is 2.75. The van der Waals surface area contributed by atoms with Crippen molar-refractivity contribution >= 4 is 11.9 Å². The number of ether oxygens (including phenoxy) is 2. The number of fused-ring (bicyclic) bond motifs is 7. The van der Waals surface area contributed by atoms with E-state index in [9.17, 15) is 9.59 Å². The second kappa shape index (κ2) is 8.59. The lowest BCUT2D eigenvalue weighted by Gasteiger charge is -2.72. The first kappa shape index (κ1) is 28.2. The number of rotatable bonds is 2. The van der Waals surface area contributed by atoms with Gasteiger partial charge in [-0.1, -0.05) is 67.5 Å². The number of allylic oxidation sites excluding steroid dienone is 2. The van der Waals surface area contributed by atoms with E-state index in [0.29, 0.717) is 23.7 Å². The minimum atomic E-state index is -0.145. The third kappa shape index (κ3) is 3.80. The fourth-order valence-electron chi connectivity index (χ4n) is 11.5. The maximum Gasteiger partial charge on any atom is 0.302 e. The van der Waals surface area contributed by atoms with Gasteiger partial charge in [0.05, 0.1) is 0 Å². The number of hydrogen-bond acceptors (Lipinski definition) is 4. The van der Waals surface area contributed by atoms with Gasteiger partial charge in [0.15, 0.2) is 0 Å². The highest BCUT2D eigenvalue weighted by Gasteiger charge is 2.70. The lowest BCUT2D eigenvalue weighted by Crippen LogP contribution is -2.67. The quantitative estimate of drug-likeness (QED) is 0.269. The molecule has 10 unspecified atom stereocenters. The summed E-state index contributed by atoms with van der Waals surface area (Å²) in [5, 5.41) is 0. The van der Waals surface area contributed by atoms with Gasteiger partial charge in [-0.3, -0.25) is 9.59 Å². The number of esters is 2. The molecule has 0 aromatic rings. The second-order valence-electron chi connectivity index (χ2n) is 16.6. The lowest BCUT2D eigenvalue weighted by molar-refractivity contribution is -0.234. The molecule has 4 fully saturated rings. The van der Waals surface area contributed by atoms with E-state index >= 15 is 0 Å². The van der Waals surface area contributed by atoms with Crippen LogP contribution in [0, 0.1) is 56.2 Å². The third-order valence-electron chi connectivity index (χ3n) is 13.7. The highest BCUT2D eigenvalue weighted by atomic mass is 16.5. The number of carbonyl (C=O) groups is 2. The van der Waals surface area contributed by atoms with Gasteiger partial charge in [0, 0.05) is 24.7 Å². The van der Waals surface area contributed by atoms with Crippen LogP contribution in [0.2, 0.25) is 0 Å². The summed E-state index contributed by atoms with van der Waals surface area (Å²) >= 11 is 0. The molecule has 0 amide bonds. The molecule has 0 aromatic heterocycles. The van der Waals surface area contributed by atoms with Crippen LogP contribution in [0.5, 0.6) is 0 Å². The van der Waals surface area contributed by atoms with Crippen molar-refractivity contribution in [2.45, 2.75) is 133 Å². The van der Waals surface area contributed by atoms with Gasteiger partial charge < -0.3 is 9.47 Å². The molecule has 38 heavy (non-hydrogen) atoms. The average Bonchev–Trinajstić information content (AvgIpc) is 2.77. The minimum Gasteiger partial charge on any atom is -0.462 e. The van der Waals surface area contributed by atoms with E-state index in [1.807, 2.05) is 0 Å². The third-order valence-corrected chi connectivity index (χ3v) is 13.7. The molecule has 0 heterocycles. The zero-order chi connectivity index (χ0) is 28.1. The van der Waals surface area contributed by atoms with Crippen molar-refractivity contribution in [3.05, 3.63) is 12.2 Å². The first-order chi connectivity index (χ1) is 17.4. The average molecular weight is 527 g/mol. The van der Waals surface area contributed by atoms with Gasteiger partial charge in [0.2, 0.25) is 0 Å². The Kier molecular flexibility index (Phi) is 6.38. The van der Waals surface area contributed by atoms with Crippen LogP contribution in [0.25, 0.3) is 0 Å². The van der Waals surface area contributed by atoms with Crippen molar-refractivity contribution in [3.63, 3.8) is 0 Å². The molecule has 0 N–H and O–H groups in total. The van der Waals surface area contributed by atoms with Gasteiger partial charge >= 0.3 is 11.9 Å². The van der Waals surface area contributed by atoms with Crippen molar-refractivity contribution in [3.8, 4) is 0 Å². The fourth-order valence-corrected chi connectivity index (χ4v) is 11.5. The Hall–Kier alpha value is -1.32. The normalized spacial score (nSPS) is 50.5. The summed E-state index contributed by atoms with van der Waals surface area (Å²) < 4.78 is 12.0. The lowest BCUT2D eigenvalue weighted by atomic mass is 9.33. The zero-order valence-corrected chi connectivity index (χ0v) is 25.9. The van der Waals surface area contributed by atoms with E-state index in [1.165, 1.54) is 25.7 Å². The van der Waals surface area contributed by atoms with Crippen molar-refractivity contribution in [2.75, 3.05) is 0 Å². The van der Waals surface area contributed by atoms with E-state index in [4.69, 9.17) is 9.47 Å². The summed E-state index contributed by atoms with van der Waals surface area (Å²) in [7, 11) is 0. The van der Waals surface area contributed by atoms with Gasteiger partial charge in [0.25, 0.3) is 0 Å². The van der Waals surface area contributed by atoms with Crippen molar-refractivity contribution in [1.82, 2.24) is 0 Å². The minimum absolute atomic E-state index is 0.00263. The molecule has 0 bridgehead atoms. The van der Waals surface area contributed by atoms with Crippen LogP contribution >= 0.6 is 0 Å². The summed E-state index contributed by atoms with van der Waals surface area (Å²) in [4.78, 5) is 24.1. The van der Waals surface area contributed by atoms with Crippen molar-refractivity contribution in [1.29, 1.82) is 0 Å². The standard InChI is InChI=1S/C34H54O4/c1-21(35)37-27-14-15-32(8)25(30(27,5)6)13-16-34(10)26(32)12-11-23-24-19-29(3,4)20-28(38-22(2)36)31(24,7)17-18-33(23,34)9/h11-12,23-28H,13-20H2,1-10H3. The zero-order valence-electron chi connectivity index (χ0n) is 25.9. The molecular weight excluding hydrogens is 472 g/mol. The van der Waals surface area contributed by atoms with E-state index in [2.05, 4.69) is 67.5 Å². The van der Waals surface area contributed by atoms with E-state index in [-0.39, 0.29) is 56.6 Å². The first-order valence-electron chi connectivity index (χ1n) is 15.4. The Bertz CT molecular complexity index is 1030. The van der Waals surface area contributed by atoms with Gasteiger partial charge in [-0.2, -0.15) is 0 Å². The molecule has 5 rings (SSSR count). The molecule has 4 saturated carbocycles. The Morgan fingerprint density at radius 1 is 0.684 bits per heavy atom. The summed E-state index contributed by atoms with van der Waals surface area (Å²) in [6.07, 6.45) is 14.3. The topological polar surface area (TPSA) is 52.6 Å². The Morgan fingerprint density at radius 2 is 1.32 bits per heavy atom. The number of hydrogen-bond donors (Lipinski definition) is 0. The van der Waals surface area contributed by atoms with Crippen LogP contribution in [0.3, 0.4) is 0 Å². The molecule has 0 saturated heterocycles. The van der Waals surface area contributed by atoms with E-state index in [1.54, 1.807) is 13.8 Å². The van der Waals surface area contributed by atoms with Crippen molar-refractivity contribution < 1.29 is 19.1 Å². The predicted molar refractivity (Wildman–Crippen MR) is 151 cm³/mol. The smallest absolute Gasteiger partial charge is 0.302 e. The molecule has 0 aromatic carbocycles. The van der Waals surface area contributed by atoms with Crippen LogP contribution < -0.4 is 0 Å². The number of carbonyl (C=O) groups excluding carboxylic acids is 2. The van der Waals surface area contributed by atoms with E-state index in [0.717, 1.165) is 25.7 Å². The monoisotopic (exact) mass is 526 g/mol. The van der Waals surface area contributed by atoms with Gasteiger partial charge in [-0.15, -0.1) is 0 Å². The summed E-state index contributed by atoms with van der Waals surface area (Å²) in [6.45, 7) is 22.8. The Morgan fingerprint density at radius 3 is 1.95 bits per heavy atom. The maximum absolute atomic E-state index is 12.2. The summed E-state index contributed by atoms with van der Waals surface area (Å²) in [5.41, 5.74) is 0.810. The summed E-state index contributed by atoms with van der Waals surface area (Å²) in [5.74, 6) is 1.80. The predicted octanol–water partition coefficient (Wildman–Crippen LogP) is 8.14. The van der Waals surface area contributed by atoms with Crippen LogP contribution in [0.1, 0.15) is 121 Å². The van der Waals surface area contributed by atoms with Crippen molar-refractivity contribution in [2.24, 2.45) is 56.2 Å². The molecule has 5 aliphatic carbocycles. The van der Waals surface area contributed by atoms with Crippen LogP contribution in [-0.4, -0.2) is 24.1 Å². The molecule has 214 valence electrons. The van der Waals surface area contributed by atoms with Crippen LogP contribution in [0.15, 0.2) is 12.2 Å². The Labute approximate surface area is 232 Å².